The molecule has 0 saturated heterocycles. The molecule has 1 aliphatic carbocycles. The molecule has 1 aromatic carbocycles. The van der Waals surface area contributed by atoms with Crippen LogP contribution in [0.5, 0.6) is 5.75 Å². The number of carboxylic acids is 1. The lowest BCUT2D eigenvalue weighted by molar-refractivity contribution is -0.143. The normalized spacial score (nSPS) is 17.7. The Kier molecular flexibility index (Phi) is 3.83. The Morgan fingerprint density at radius 3 is 2.42 bits per heavy atom. The monoisotopic (exact) mass is 262 g/mol. The maximum absolute atomic E-state index is 11.7. The number of carbonyl (C=O) groups is 1. The third-order valence-electron chi connectivity index (χ3n) is 4.27. The van der Waals surface area contributed by atoms with Crippen LogP contribution in [0.3, 0.4) is 0 Å². The molecule has 1 aliphatic rings. The highest BCUT2D eigenvalue weighted by Gasteiger charge is 2.43. The molecular formula is C16H22O3. The van der Waals surface area contributed by atoms with E-state index in [1.807, 2.05) is 18.2 Å². The van der Waals surface area contributed by atoms with Crippen LogP contribution in [0, 0.1) is 0 Å². The lowest BCUT2D eigenvalue weighted by Crippen LogP contribution is -2.32. The first-order chi connectivity index (χ1) is 9.01. The van der Waals surface area contributed by atoms with Gasteiger partial charge in [-0.05, 0) is 36.0 Å². The van der Waals surface area contributed by atoms with Crippen molar-refractivity contribution in [1.29, 1.82) is 0 Å². The summed E-state index contributed by atoms with van der Waals surface area (Å²) in [5.41, 5.74) is 1.34. The van der Waals surface area contributed by atoms with Crippen molar-refractivity contribution in [3.8, 4) is 5.75 Å². The largest absolute Gasteiger partial charge is 0.496 e. The van der Waals surface area contributed by atoms with Gasteiger partial charge in [0, 0.05) is 0 Å². The van der Waals surface area contributed by atoms with Gasteiger partial charge in [0.2, 0.25) is 0 Å². The van der Waals surface area contributed by atoms with Crippen molar-refractivity contribution in [1.82, 2.24) is 0 Å². The van der Waals surface area contributed by atoms with E-state index in [1.54, 1.807) is 7.11 Å². The van der Waals surface area contributed by atoms with Crippen LogP contribution < -0.4 is 4.74 Å². The zero-order chi connectivity index (χ0) is 14.0. The number of carboxylic acid groups (broad SMARTS) is 1. The Morgan fingerprint density at radius 2 is 1.95 bits per heavy atom. The minimum absolute atomic E-state index is 0.321. The van der Waals surface area contributed by atoms with Crippen molar-refractivity contribution < 1.29 is 14.6 Å². The molecule has 19 heavy (non-hydrogen) atoms. The maximum Gasteiger partial charge on any atom is 0.314 e. The molecule has 3 heteroatoms. The van der Waals surface area contributed by atoms with Gasteiger partial charge in [-0.1, -0.05) is 38.8 Å². The number of aliphatic carboxylic acids is 1. The van der Waals surface area contributed by atoms with Crippen molar-refractivity contribution in [2.45, 2.75) is 50.9 Å². The molecule has 0 atom stereocenters. The van der Waals surface area contributed by atoms with Gasteiger partial charge in [0.1, 0.15) is 5.75 Å². The topological polar surface area (TPSA) is 46.5 Å². The second-order valence-electron chi connectivity index (χ2n) is 5.71. The molecule has 1 fully saturated rings. The molecule has 0 heterocycles. The van der Waals surface area contributed by atoms with Crippen LogP contribution in [-0.2, 0) is 10.2 Å². The van der Waals surface area contributed by atoms with Crippen LogP contribution in [0.25, 0.3) is 0 Å². The summed E-state index contributed by atoms with van der Waals surface area (Å²) >= 11 is 0. The highest BCUT2D eigenvalue weighted by molar-refractivity contribution is 5.82. The number of benzene rings is 1. The number of methoxy groups -OCH3 is 1. The lowest BCUT2D eigenvalue weighted by atomic mass is 9.77. The van der Waals surface area contributed by atoms with Crippen LogP contribution in [0.4, 0.5) is 0 Å². The van der Waals surface area contributed by atoms with Crippen molar-refractivity contribution in [3.05, 3.63) is 29.3 Å². The van der Waals surface area contributed by atoms with Crippen molar-refractivity contribution in [2.75, 3.05) is 7.11 Å². The van der Waals surface area contributed by atoms with E-state index >= 15 is 0 Å². The van der Waals surface area contributed by atoms with Gasteiger partial charge < -0.3 is 9.84 Å². The highest BCUT2D eigenvalue weighted by Crippen LogP contribution is 2.43. The fourth-order valence-electron chi connectivity index (χ4n) is 3.09. The van der Waals surface area contributed by atoms with Crippen molar-refractivity contribution in [2.24, 2.45) is 0 Å². The standard InChI is InChI=1S/C16H22O3/c1-11(2)13-10-12(6-7-14(13)19-3)16(15(17)18)8-4-5-9-16/h6-7,10-11H,4-5,8-9H2,1-3H3,(H,17,18). The molecule has 0 unspecified atom stereocenters. The molecule has 104 valence electrons. The predicted molar refractivity (Wildman–Crippen MR) is 74.9 cm³/mol. The Balaban J connectivity index is 2.50. The van der Waals surface area contributed by atoms with Crippen LogP contribution in [-0.4, -0.2) is 18.2 Å². The highest BCUT2D eigenvalue weighted by atomic mass is 16.5. The Morgan fingerprint density at radius 1 is 1.32 bits per heavy atom. The van der Waals surface area contributed by atoms with E-state index in [0.29, 0.717) is 5.92 Å². The van der Waals surface area contributed by atoms with Crippen LogP contribution in [0.2, 0.25) is 0 Å². The van der Waals surface area contributed by atoms with E-state index in [2.05, 4.69) is 13.8 Å². The molecule has 0 spiro atoms. The first-order valence-electron chi connectivity index (χ1n) is 6.93. The van der Waals surface area contributed by atoms with Gasteiger partial charge in [0.05, 0.1) is 12.5 Å². The SMILES string of the molecule is COc1ccc(C2(C(=O)O)CCCC2)cc1C(C)C. The summed E-state index contributed by atoms with van der Waals surface area (Å²) in [4.78, 5) is 11.7. The first-order valence-corrected chi connectivity index (χ1v) is 6.93. The number of hydrogen-bond acceptors (Lipinski definition) is 2. The molecular weight excluding hydrogens is 240 g/mol. The second kappa shape index (κ2) is 5.24. The Hall–Kier alpha value is -1.51. The third-order valence-corrected chi connectivity index (χ3v) is 4.27. The average Bonchev–Trinajstić information content (AvgIpc) is 2.88. The molecule has 1 saturated carbocycles. The van der Waals surface area contributed by atoms with Gasteiger partial charge >= 0.3 is 5.97 Å². The summed E-state index contributed by atoms with van der Waals surface area (Å²) in [6.45, 7) is 4.20. The predicted octanol–water partition coefficient (Wildman–Crippen LogP) is 3.72. The fourth-order valence-corrected chi connectivity index (χ4v) is 3.09. The van der Waals surface area contributed by atoms with E-state index in [4.69, 9.17) is 4.74 Å². The first kappa shape index (κ1) is 13.9. The van der Waals surface area contributed by atoms with E-state index in [1.165, 1.54) is 0 Å². The minimum atomic E-state index is -0.690. The zero-order valence-corrected chi connectivity index (χ0v) is 11.9. The second-order valence-corrected chi connectivity index (χ2v) is 5.71. The number of hydrogen-bond donors (Lipinski definition) is 1. The summed E-state index contributed by atoms with van der Waals surface area (Å²) in [7, 11) is 1.66. The summed E-state index contributed by atoms with van der Waals surface area (Å²) in [6.07, 6.45) is 3.48. The van der Waals surface area contributed by atoms with Gasteiger partial charge in [0.15, 0.2) is 0 Å². The van der Waals surface area contributed by atoms with Crippen LogP contribution in [0.15, 0.2) is 18.2 Å². The molecule has 1 N–H and O–H groups in total. The minimum Gasteiger partial charge on any atom is -0.496 e. The summed E-state index contributed by atoms with van der Waals surface area (Å²) in [6, 6.07) is 5.86. The molecule has 2 rings (SSSR count). The smallest absolute Gasteiger partial charge is 0.314 e. The molecule has 0 aliphatic heterocycles. The van der Waals surface area contributed by atoms with Gasteiger partial charge in [-0.15, -0.1) is 0 Å². The number of ether oxygens (including phenoxy) is 1. The molecule has 0 radical (unpaired) electrons. The Labute approximate surface area is 114 Å². The van der Waals surface area contributed by atoms with E-state index in [9.17, 15) is 9.90 Å². The van der Waals surface area contributed by atoms with E-state index in [0.717, 1.165) is 42.6 Å². The van der Waals surface area contributed by atoms with Gasteiger partial charge in [-0.25, -0.2) is 0 Å². The molecule has 0 bridgehead atoms. The van der Waals surface area contributed by atoms with Gasteiger partial charge in [0.25, 0.3) is 0 Å². The van der Waals surface area contributed by atoms with Gasteiger partial charge in [-0.2, -0.15) is 0 Å². The zero-order valence-electron chi connectivity index (χ0n) is 11.9. The summed E-state index contributed by atoms with van der Waals surface area (Å²) in [5, 5.41) is 9.64. The lowest BCUT2D eigenvalue weighted by Gasteiger charge is -2.26. The summed E-state index contributed by atoms with van der Waals surface area (Å²) in [5.74, 6) is 0.476. The van der Waals surface area contributed by atoms with Crippen LogP contribution in [0.1, 0.15) is 56.6 Å². The van der Waals surface area contributed by atoms with E-state index in [-0.39, 0.29) is 0 Å². The molecule has 1 aromatic rings. The van der Waals surface area contributed by atoms with Crippen molar-refractivity contribution >= 4 is 5.97 Å². The fraction of sp³-hybridized carbons (Fsp3) is 0.562. The van der Waals surface area contributed by atoms with Crippen LogP contribution >= 0.6 is 0 Å². The van der Waals surface area contributed by atoms with E-state index < -0.39 is 11.4 Å². The van der Waals surface area contributed by atoms with Crippen molar-refractivity contribution in [3.63, 3.8) is 0 Å². The maximum atomic E-state index is 11.7. The number of rotatable bonds is 4. The Bertz CT molecular complexity index is 471. The quantitative estimate of drug-likeness (QED) is 0.899. The third kappa shape index (κ3) is 2.34. The molecule has 0 amide bonds. The molecule has 0 aromatic heterocycles. The molecule has 3 nitrogen and oxygen atoms in total. The van der Waals surface area contributed by atoms with Gasteiger partial charge in [-0.3, -0.25) is 4.79 Å². The average molecular weight is 262 g/mol. The summed E-state index contributed by atoms with van der Waals surface area (Å²) < 4.78 is 5.37.